The lowest BCUT2D eigenvalue weighted by atomic mass is 9.66. The first-order valence-electron chi connectivity index (χ1n) is 11.7. The Labute approximate surface area is 198 Å². The third-order valence-electron chi connectivity index (χ3n) is 7.50. The molecule has 5 rings (SSSR count). The molecule has 2 aromatic rings. The maximum absolute atomic E-state index is 13.6. The summed E-state index contributed by atoms with van der Waals surface area (Å²) >= 11 is 0. The van der Waals surface area contributed by atoms with E-state index in [4.69, 9.17) is 4.74 Å². The quantitative estimate of drug-likeness (QED) is 0.579. The van der Waals surface area contributed by atoms with Crippen molar-refractivity contribution >= 4 is 23.4 Å². The average molecular weight is 464 g/mol. The summed E-state index contributed by atoms with van der Waals surface area (Å²) in [4.78, 5) is 42.0. The van der Waals surface area contributed by atoms with Gasteiger partial charge in [0, 0.05) is 18.8 Å². The first-order valence-corrected chi connectivity index (χ1v) is 11.7. The van der Waals surface area contributed by atoms with Crippen molar-refractivity contribution in [3.05, 3.63) is 66.2 Å². The molecular weight excluding hydrogens is 434 g/mol. The van der Waals surface area contributed by atoms with E-state index in [0.29, 0.717) is 25.1 Å². The zero-order chi connectivity index (χ0) is 23.9. The molecule has 2 bridgehead atoms. The van der Waals surface area contributed by atoms with Gasteiger partial charge in [0.15, 0.2) is 0 Å². The molecule has 3 aliphatic rings. The SMILES string of the molecule is C[C@]12CCC3(O1)C(C(=O)NCc1ccccc1)N(CCO)C(=O)[C@@H]3[C@H]2C(=O)Nc1ccccc1. The molecule has 3 saturated heterocycles. The van der Waals surface area contributed by atoms with E-state index in [1.807, 2.05) is 55.5 Å². The molecule has 0 radical (unpaired) electrons. The first-order chi connectivity index (χ1) is 16.4. The van der Waals surface area contributed by atoms with Crippen LogP contribution in [0.25, 0.3) is 0 Å². The van der Waals surface area contributed by atoms with Crippen LogP contribution in [0.1, 0.15) is 25.3 Å². The third-order valence-corrected chi connectivity index (χ3v) is 7.50. The normalized spacial score (nSPS) is 31.4. The monoisotopic (exact) mass is 463 g/mol. The number of carbonyl (C=O) groups is 3. The van der Waals surface area contributed by atoms with Crippen LogP contribution < -0.4 is 10.6 Å². The fourth-order valence-corrected chi connectivity index (χ4v) is 6.10. The number of β-amino-alcohol motifs (C(OH)–C–C–N with tert-alkyl or cyclic N) is 1. The van der Waals surface area contributed by atoms with Crippen molar-refractivity contribution in [2.24, 2.45) is 11.8 Å². The predicted octanol–water partition coefficient (Wildman–Crippen LogP) is 1.70. The van der Waals surface area contributed by atoms with E-state index in [2.05, 4.69) is 10.6 Å². The average Bonchev–Trinajstić information content (AvgIpc) is 3.40. The summed E-state index contributed by atoms with van der Waals surface area (Å²) in [6, 6.07) is 17.7. The van der Waals surface area contributed by atoms with Crippen LogP contribution in [-0.4, -0.2) is 58.1 Å². The Bertz CT molecular complexity index is 1090. The lowest BCUT2D eigenvalue weighted by molar-refractivity contribution is -0.145. The number of hydrogen-bond acceptors (Lipinski definition) is 5. The number of fused-ring (bicyclic) bond motifs is 1. The minimum Gasteiger partial charge on any atom is -0.395 e. The molecule has 5 atom stereocenters. The Balaban J connectivity index is 1.44. The lowest BCUT2D eigenvalue weighted by Crippen LogP contribution is -2.55. The second-order valence-corrected chi connectivity index (χ2v) is 9.54. The highest BCUT2D eigenvalue weighted by Crippen LogP contribution is 2.63. The fourth-order valence-electron chi connectivity index (χ4n) is 6.10. The van der Waals surface area contributed by atoms with Crippen LogP contribution in [0.15, 0.2) is 60.7 Å². The standard InChI is InChI=1S/C26H29N3O5/c1-25-12-13-26(34-25)20(19(25)22(31)28-18-10-6-3-7-11-18)24(33)29(14-15-30)21(26)23(32)27-16-17-8-4-2-5-9-17/h2-11,19-21,30H,12-16H2,1H3,(H,27,32)(H,28,31)/t19-,20-,21?,25+,26?/m0/s1. The topological polar surface area (TPSA) is 108 Å². The molecule has 3 aliphatic heterocycles. The molecule has 2 unspecified atom stereocenters. The van der Waals surface area contributed by atoms with Gasteiger partial charge in [-0.3, -0.25) is 14.4 Å². The lowest BCUT2D eigenvalue weighted by Gasteiger charge is -2.33. The van der Waals surface area contributed by atoms with Gasteiger partial charge in [-0.1, -0.05) is 48.5 Å². The van der Waals surface area contributed by atoms with Gasteiger partial charge in [0.1, 0.15) is 11.6 Å². The van der Waals surface area contributed by atoms with Gasteiger partial charge in [-0.15, -0.1) is 0 Å². The molecule has 3 heterocycles. The Kier molecular flexibility index (Phi) is 5.65. The second-order valence-electron chi connectivity index (χ2n) is 9.54. The smallest absolute Gasteiger partial charge is 0.246 e. The number of ether oxygens (including phenoxy) is 1. The van der Waals surface area contributed by atoms with Crippen LogP contribution in [0.4, 0.5) is 5.69 Å². The van der Waals surface area contributed by atoms with Crippen molar-refractivity contribution < 1.29 is 24.2 Å². The van der Waals surface area contributed by atoms with Crippen LogP contribution >= 0.6 is 0 Å². The number of carbonyl (C=O) groups excluding carboxylic acids is 3. The third kappa shape index (κ3) is 3.49. The largest absolute Gasteiger partial charge is 0.395 e. The second kappa shape index (κ2) is 8.52. The molecule has 3 N–H and O–H groups in total. The van der Waals surface area contributed by atoms with Gasteiger partial charge >= 0.3 is 0 Å². The highest BCUT2D eigenvalue weighted by Gasteiger charge is 2.77. The minimum atomic E-state index is -1.10. The zero-order valence-corrected chi connectivity index (χ0v) is 19.1. The van der Waals surface area contributed by atoms with Crippen LogP contribution in [-0.2, 0) is 25.7 Å². The van der Waals surface area contributed by atoms with Crippen molar-refractivity contribution in [3.8, 4) is 0 Å². The number of hydrogen-bond donors (Lipinski definition) is 3. The molecule has 0 saturated carbocycles. The highest BCUT2D eigenvalue weighted by atomic mass is 16.5. The molecule has 0 aromatic heterocycles. The van der Waals surface area contributed by atoms with Crippen molar-refractivity contribution in [3.63, 3.8) is 0 Å². The van der Waals surface area contributed by atoms with Crippen molar-refractivity contribution in [2.45, 2.75) is 43.6 Å². The first kappa shape index (κ1) is 22.6. The van der Waals surface area contributed by atoms with Crippen LogP contribution in [0.3, 0.4) is 0 Å². The number of para-hydroxylation sites is 1. The molecule has 0 aliphatic carbocycles. The van der Waals surface area contributed by atoms with Gasteiger partial charge in [-0.05, 0) is 37.5 Å². The molecule has 8 heteroatoms. The molecule has 2 aromatic carbocycles. The summed E-state index contributed by atoms with van der Waals surface area (Å²) in [6.45, 7) is 1.90. The van der Waals surface area contributed by atoms with E-state index in [1.165, 1.54) is 4.90 Å². The van der Waals surface area contributed by atoms with Crippen LogP contribution in [0, 0.1) is 11.8 Å². The van der Waals surface area contributed by atoms with Crippen LogP contribution in [0.2, 0.25) is 0 Å². The molecule has 1 spiro atoms. The number of nitrogens with zero attached hydrogens (tertiary/aromatic N) is 1. The number of aliphatic hydroxyl groups is 1. The van der Waals surface area contributed by atoms with Gasteiger partial charge in [0.25, 0.3) is 0 Å². The van der Waals surface area contributed by atoms with Gasteiger partial charge in [-0.2, -0.15) is 0 Å². The van der Waals surface area contributed by atoms with E-state index >= 15 is 0 Å². The van der Waals surface area contributed by atoms with E-state index in [1.54, 1.807) is 12.1 Å². The number of anilines is 1. The van der Waals surface area contributed by atoms with E-state index in [-0.39, 0.29) is 30.9 Å². The molecule has 8 nitrogen and oxygen atoms in total. The summed E-state index contributed by atoms with van der Waals surface area (Å²) in [5.41, 5.74) is -0.363. The maximum Gasteiger partial charge on any atom is 0.246 e. The maximum atomic E-state index is 13.6. The fraction of sp³-hybridized carbons (Fsp3) is 0.423. The van der Waals surface area contributed by atoms with Crippen molar-refractivity contribution in [1.82, 2.24) is 10.2 Å². The van der Waals surface area contributed by atoms with Gasteiger partial charge in [0.05, 0.1) is 24.0 Å². The van der Waals surface area contributed by atoms with E-state index < -0.39 is 29.1 Å². The summed E-state index contributed by atoms with van der Waals surface area (Å²) in [6.07, 6.45) is 1.07. The van der Waals surface area contributed by atoms with Crippen molar-refractivity contribution in [1.29, 1.82) is 0 Å². The van der Waals surface area contributed by atoms with Gasteiger partial charge < -0.3 is 25.4 Å². The summed E-state index contributed by atoms with van der Waals surface area (Å²) in [5.74, 6) is -2.45. The molecule has 3 amide bonds. The highest BCUT2D eigenvalue weighted by molar-refractivity contribution is 6.02. The Morgan fingerprint density at radius 1 is 1.06 bits per heavy atom. The predicted molar refractivity (Wildman–Crippen MR) is 124 cm³/mol. The number of nitrogens with one attached hydrogen (secondary N) is 2. The zero-order valence-electron chi connectivity index (χ0n) is 19.1. The molecule has 178 valence electrons. The molecule has 3 fully saturated rings. The van der Waals surface area contributed by atoms with Crippen LogP contribution in [0.5, 0.6) is 0 Å². The summed E-state index contributed by atoms with van der Waals surface area (Å²) in [5, 5.41) is 15.5. The van der Waals surface area contributed by atoms with E-state index in [0.717, 1.165) is 5.56 Å². The van der Waals surface area contributed by atoms with Gasteiger partial charge in [-0.25, -0.2) is 0 Å². The number of aliphatic hydroxyl groups excluding tert-OH is 1. The molecular formula is C26H29N3O5. The summed E-state index contributed by atoms with van der Waals surface area (Å²) in [7, 11) is 0. The summed E-state index contributed by atoms with van der Waals surface area (Å²) < 4.78 is 6.51. The number of amides is 3. The Morgan fingerprint density at radius 2 is 1.74 bits per heavy atom. The minimum absolute atomic E-state index is 0.00755. The Morgan fingerprint density at radius 3 is 2.41 bits per heavy atom. The van der Waals surface area contributed by atoms with E-state index in [9.17, 15) is 19.5 Å². The Hall–Kier alpha value is -3.23. The number of rotatable bonds is 7. The van der Waals surface area contributed by atoms with Gasteiger partial charge in [0.2, 0.25) is 17.7 Å². The molecule has 34 heavy (non-hydrogen) atoms. The van der Waals surface area contributed by atoms with Crippen molar-refractivity contribution in [2.75, 3.05) is 18.5 Å². The number of benzene rings is 2. The number of likely N-dealkylation sites (tertiary alicyclic amines) is 1.